The summed E-state index contributed by atoms with van der Waals surface area (Å²) in [5, 5.41) is 5.31. The molecular weight excluding hydrogens is 444 g/mol. The lowest BCUT2D eigenvalue weighted by atomic mass is 10.1. The van der Waals surface area contributed by atoms with Crippen molar-refractivity contribution in [3.8, 4) is 0 Å². The Morgan fingerprint density at radius 2 is 1.94 bits per heavy atom. The van der Waals surface area contributed by atoms with Crippen molar-refractivity contribution >= 4 is 23.2 Å². The normalized spacial score (nSPS) is 21.3. The van der Waals surface area contributed by atoms with E-state index < -0.39 is 6.04 Å². The van der Waals surface area contributed by atoms with Crippen LogP contribution in [-0.2, 0) is 11.3 Å². The zero-order valence-electron chi connectivity index (χ0n) is 20.7. The molecule has 1 aromatic heterocycles. The molecule has 1 aromatic carbocycles. The van der Waals surface area contributed by atoms with Gasteiger partial charge in [-0.15, -0.1) is 11.3 Å². The van der Waals surface area contributed by atoms with Crippen LogP contribution in [0.1, 0.15) is 47.5 Å². The molecule has 6 nitrogen and oxygen atoms in total. The molecule has 0 spiro atoms. The topological polar surface area (TPSA) is 55.9 Å². The fraction of sp³-hybridized carbons (Fsp3) is 0.556. The maximum Gasteiger partial charge on any atom is 0.264 e. The number of carbonyl (C=O) groups is 2. The number of amides is 2. The second kappa shape index (κ2) is 11.5. The zero-order valence-corrected chi connectivity index (χ0v) is 21.5. The van der Waals surface area contributed by atoms with Crippen molar-refractivity contribution in [1.82, 2.24) is 20.0 Å². The lowest BCUT2D eigenvalue weighted by Gasteiger charge is -2.30. The highest BCUT2D eigenvalue weighted by Gasteiger charge is 2.43. The van der Waals surface area contributed by atoms with Gasteiger partial charge in [-0.2, -0.15) is 0 Å². The van der Waals surface area contributed by atoms with E-state index in [0.29, 0.717) is 30.3 Å². The minimum absolute atomic E-state index is 0.0105. The Bertz CT molecular complexity index is 936. The standard InChI is InChI=1S/C27H38N4O2S/c1-20(2)17-30(18-22-9-7-21(3)8-10-22)23-16-24(26(32)29-13-5-11-28-12-14-29)31(19-23)27(33)25-6-4-15-34-25/h4,6-10,15,20,23-24,28H,5,11-14,16-19H2,1-3H3. The van der Waals surface area contributed by atoms with Crippen LogP contribution in [0.25, 0.3) is 0 Å². The molecule has 0 saturated carbocycles. The first-order valence-corrected chi connectivity index (χ1v) is 13.4. The lowest BCUT2D eigenvalue weighted by molar-refractivity contribution is -0.135. The summed E-state index contributed by atoms with van der Waals surface area (Å²) in [5.41, 5.74) is 2.53. The van der Waals surface area contributed by atoms with Crippen molar-refractivity contribution in [1.29, 1.82) is 0 Å². The van der Waals surface area contributed by atoms with Crippen molar-refractivity contribution in [2.75, 3.05) is 39.3 Å². The van der Waals surface area contributed by atoms with Gasteiger partial charge in [0, 0.05) is 45.3 Å². The summed E-state index contributed by atoms with van der Waals surface area (Å²) in [7, 11) is 0. The average Bonchev–Trinajstić information content (AvgIpc) is 3.44. The molecule has 2 aromatic rings. The lowest BCUT2D eigenvalue weighted by Crippen LogP contribution is -2.48. The van der Waals surface area contributed by atoms with Crippen LogP contribution in [0, 0.1) is 12.8 Å². The third kappa shape index (κ3) is 6.06. The van der Waals surface area contributed by atoms with E-state index in [4.69, 9.17) is 0 Å². The number of likely N-dealkylation sites (tertiary alicyclic amines) is 1. The number of benzene rings is 1. The van der Waals surface area contributed by atoms with Crippen molar-refractivity contribution in [3.63, 3.8) is 0 Å². The summed E-state index contributed by atoms with van der Waals surface area (Å²) < 4.78 is 0. The van der Waals surface area contributed by atoms with Crippen LogP contribution in [0.5, 0.6) is 0 Å². The van der Waals surface area contributed by atoms with Crippen LogP contribution < -0.4 is 5.32 Å². The molecule has 0 bridgehead atoms. The van der Waals surface area contributed by atoms with Gasteiger partial charge in [0.2, 0.25) is 5.91 Å². The number of thiophene rings is 1. The molecule has 34 heavy (non-hydrogen) atoms. The Balaban J connectivity index is 1.58. The Labute approximate surface area is 207 Å². The van der Waals surface area contributed by atoms with E-state index in [0.717, 1.165) is 39.1 Å². The van der Waals surface area contributed by atoms with Crippen LogP contribution in [0.4, 0.5) is 0 Å². The minimum atomic E-state index is -0.398. The molecule has 2 atom stereocenters. The van der Waals surface area contributed by atoms with E-state index >= 15 is 0 Å². The van der Waals surface area contributed by atoms with Gasteiger partial charge in [0.1, 0.15) is 6.04 Å². The molecule has 2 unspecified atom stereocenters. The van der Waals surface area contributed by atoms with Gasteiger partial charge in [-0.05, 0) is 49.2 Å². The molecule has 2 saturated heterocycles. The van der Waals surface area contributed by atoms with Gasteiger partial charge in [-0.3, -0.25) is 14.5 Å². The van der Waals surface area contributed by atoms with Crippen LogP contribution in [0.3, 0.4) is 0 Å². The first-order valence-electron chi connectivity index (χ1n) is 12.6. The number of aryl methyl sites for hydroxylation is 1. The minimum Gasteiger partial charge on any atom is -0.340 e. The molecule has 0 aliphatic carbocycles. The highest BCUT2D eigenvalue weighted by Crippen LogP contribution is 2.29. The number of nitrogens with one attached hydrogen (secondary N) is 1. The van der Waals surface area contributed by atoms with Gasteiger partial charge in [0.25, 0.3) is 5.91 Å². The Kier molecular flexibility index (Phi) is 8.40. The van der Waals surface area contributed by atoms with E-state index in [9.17, 15) is 9.59 Å². The summed E-state index contributed by atoms with van der Waals surface area (Å²) in [6, 6.07) is 12.2. The number of nitrogens with zero attached hydrogens (tertiary/aromatic N) is 3. The Morgan fingerprint density at radius 1 is 1.15 bits per heavy atom. The molecule has 0 radical (unpaired) electrons. The van der Waals surface area contributed by atoms with E-state index in [1.165, 1.54) is 22.5 Å². The first kappa shape index (κ1) is 24.9. The third-order valence-electron chi connectivity index (χ3n) is 6.83. The van der Waals surface area contributed by atoms with Gasteiger partial charge in [0.15, 0.2) is 0 Å². The smallest absolute Gasteiger partial charge is 0.264 e. The summed E-state index contributed by atoms with van der Waals surface area (Å²) in [6.07, 6.45) is 1.64. The molecule has 184 valence electrons. The van der Waals surface area contributed by atoms with Gasteiger partial charge in [0.05, 0.1) is 4.88 Å². The summed E-state index contributed by atoms with van der Waals surface area (Å²) in [4.78, 5) is 34.2. The van der Waals surface area contributed by atoms with Crippen LogP contribution in [-0.4, -0.2) is 77.9 Å². The van der Waals surface area contributed by atoms with Gasteiger partial charge in [-0.25, -0.2) is 0 Å². The summed E-state index contributed by atoms with van der Waals surface area (Å²) in [6.45, 7) is 12.2. The molecule has 2 aliphatic rings. The largest absolute Gasteiger partial charge is 0.340 e. The number of hydrogen-bond acceptors (Lipinski definition) is 5. The molecule has 2 aliphatic heterocycles. The molecule has 3 heterocycles. The number of carbonyl (C=O) groups excluding carboxylic acids is 2. The monoisotopic (exact) mass is 482 g/mol. The predicted octanol–water partition coefficient (Wildman–Crippen LogP) is 3.62. The Hall–Kier alpha value is -2.22. The van der Waals surface area contributed by atoms with Crippen molar-refractivity contribution in [3.05, 3.63) is 57.8 Å². The fourth-order valence-corrected chi connectivity index (χ4v) is 5.77. The Morgan fingerprint density at radius 3 is 2.65 bits per heavy atom. The molecule has 2 amide bonds. The van der Waals surface area contributed by atoms with E-state index in [2.05, 4.69) is 55.3 Å². The van der Waals surface area contributed by atoms with Crippen LogP contribution >= 0.6 is 11.3 Å². The number of rotatable bonds is 7. The van der Waals surface area contributed by atoms with E-state index in [-0.39, 0.29) is 17.9 Å². The molecule has 7 heteroatoms. The molecule has 4 rings (SSSR count). The second-order valence-corrected chi connectivity index (χ2v) is 11.0. The van der Waals surface area contributed by atoms with Gasteiger partial charge < -0.3 is 15.1 Å². The van der Waals surface area contributed by atoms with Crippen LogP contribution in [0.2, 0.25) is 0 Å². The quantitative estimate of drug-likeness (QED) is 0.655. The fourth-order valence-electron chi connectivity index (χ4n) is 5.10. The van der Waals surface area contributed by atoms with Gasteiger partial charge in [-0.1, -0.05) is 49.7 Å². The first-order chi connectivity index (χ1) is 16.4. The highest BCUT2D eigenvalue weighted by atomic mass is 32.1. The summed E-state index contributed by atoms with van der Waals surface area (Å²) in [5.74, 6) is 0.595. The second-order valence-electron chi connectivity index (χ2n) is 10.1. The third-order valence-corrected chi connectivity index (χ3v) is 7.69. The highest BCUT2D eigenvalue weighted by molar-refractivity contribution is 7.12. The van der Waals surface area contributed by atoms with E-state index in [1.807, 2.05) is 27.3 Å². The zero-order chi connectivity index (χ0) is 24.1. The number of hydrogen-bond donors (Lipinski definition) is 1. The van der Waals surface area contributed by atoms with Crippen molar-refractivity contribution in [2.45, 2.75) is 52.2 Å². The van der Waals surface area contributed by atoms with Gasteiger partial charge >= 0.3 is 0 Å². The average molecular weight is 483 g/mol. The van der Waals surface area contributed by atoms with E-state index in [1.54, 1.807) is 0 Å². The maximum atomic E-state index is 13.7. The maximum absolute atomic E-state index is 13.7. The summed E-state index contributed by atoms with van der Waals surface area (Å²) >= 11 is 1.46. The van der Waals surface area contributed by atoms with Crippen molar-refractivity contribution < 1.29 is 9.59 Å². The molecule has 2 fully saturated rings. The van der Waals surface area contributed by atoms with Crippen molar-refractivity contribution in [2.24, 2.45) is 5.92 Å². The predicted molar refractivity (Wildman–Crippen MR) is 138 cm³/mol. The SMILES string of the molecule is Cc1ccc(CN(CC(C)C)C2CC(C(=O)N3CCCNCC3)N(C(=O)c3cccs3)C2)cc1. The molecule has 1 N–H and O–H groups in total. The molecular formula is C27H38N4O2S. The van der Waals surface area contributed by atoms with Crippen LogP contribution in [0.15, 0.2) is 41.8 Å².